The lowest BCUT2D eigenvalue weighted by atomic mass is 10.1. The van der Waals surface area contributed by atoms with E-state index in [-0.39, 0.29) is 11.3 Å². The molecule has 1 aliphatic carbocycles. The van der Waals surface area contributed by atoms with Crippen LogP contribution in [0.4, 0.5) is 11.4 Å². The third kappa shape index (κ3) is 3.21. The summed E-state index contributed by atoms with van der Waals surface area (Å²) in [4.78, 5) is 21.2. The van der Waals surface area contributed by atoms with Crippen LogP contribution >= 0.6 is 0 Å². The number of nitrogens with one attached hydrogen (secondary N) is 1. The maximum atomic E-state index is 11.1. The maximum absolute atomic E-state index is 11.1. The topological polar surface area (TPSA) is 92.5 Å². The largest absolute Gasteiger partial charge is 0.478 e. The standard InChI is InChI=1S/C13H16N2O4/c1-8(9-2-3-9)7-14-12-5-4-10(15(18)19)6-11(12)13(16)17/h4-6,8-9,14H,2-3,7H2,1H3,(H,16,17). The molecule has 6 nitrogen and oxygen atoms in total. The highest BCUT2D eigenvalue weighted by molar-refractivity contribution is 5.95. The number of benzene rings is 1. The molecule has 1 aliphatic rings. The number of nitro benzene ring substituents is 1. The lowest BCUT2D eigenvalue weighted by Crippen LogP contribution is -2.15. The zero-order chi connectivity index (χ0) is 14.0. The molecular weight excluding hydrogens is 248 g/mol. The van der Waals surface area contributed by atoms with Gasteiger partial charge in [-0.2, -0.15) is 0 Å². The van der Waals surface area contributed by atoms with Gasteiger partial charge >= 0.3 is 5.97 Å². The van der Waals surface area contributed by atoms with E-state index in [4.69, 9.17) is 5.11 Å². The fourth-order valence-corrected chi connectivity index (χ4v) is 2.08. The van der Waals surface area contributed by atoms with Gasteiger partial charge in [0.2, 0.25) is 0 Å². The number of anilines is 1. The van der Waals surface area contributed by atoms with Crippen LogP contribution in [0.5, 0.6) is 0 Å². The molecule has 102 valence electrons. The average Bonchev–Trinajstić information content (AvgIpc) is 3.19. The Kier molecular flexibility index (Phi) is 3.69. The molecule has 19 heavy (non-hydrogen) atoms. The lowest BCUT2D eigenvalue weighted by molar-refractivity contribution is -0.384. The van der Waals surface area contributed by atoms with Crippen molar-refractivity contribution in [2.24, 2.45) is 11.8 Å². The van der Waals surface area contributed by atoms with E-state index in [1.165, 1.54) is 25.0 Å². The van der Waals surface area contributed by atoms with Crippen LogP contribution in [0.1, 0.15) is 30.1 Å². The van der Waals surface area contributed by atoms with Gasteiger partial charge in [-0.1, -0.05) is 6.92 Å². The number of nitrogens with zero attached hydrogens (tertiary/aromatic N) is 1. The highest BCUT2D eigenvalue weighted by Crippen LogP contribution is 2.36. The van der Waals surface area contributed by atoms with Crippen molar-refractivity contribution in [1.82, 2.24) is 0 Å². The molecule has 0 heterocycles. The number of nitro groups is 1. The van der Waals surface area contributed by atoms with Crippen LogP contribution in [0.25, 0.3) is 0 Å². The molecule has 0 radical (unpaired) electrons. The first-order valence-electron chi connectivity index (χ1n) is 6.24. The summed E-state index contributed by atoms with van der Waals surface area (Å²) in [5.74, 6) is 0.0425. The monoisotopic (exact) mass is 264 g/mol. The maximum Gasteiger partial charge on any atom is 0.338 e. The van der Waals surface area contributed by atoms with E-state index in [9.17, 15) is 14.9 Å². The van der Waals surface area contributed by atoms with E-state index in [1.807, 2.05) is 0 Å². The zero-order valence-electron chi connectivity index (χ0n) is 10.6. The molecule has 0 spiro atoms. The molecule has 0 aromatic heterocycles. The number of carboxylic acid groups (broad SMARTS) is 1. The third-order valence-electron chi connectivity index (χ3n) is 3.49. The van der Waals surface area contributed by atoms with Crippen molar-refractivity contribution in [3.05, 3.63) is 33.9 Å². The quantitative estimate of drug-likeness (QED) is 0.608. The number of non-ortho nitro benzene ring substituents is 1. The summed E-state index contributed by atoms with van der Waals surface area (Å²) in [5, 5.41) is 22.8. The van der Waals surface area contributed by atoms with Gasteiger partial charge in [0, 0.05) is 24.4 Å². The van der Waals surface area contributed by atoms with E-state index >= 15 is 0 Å². The number of hydrogen-bond donors (Lipinski definition) is 2. The Morgan fingerprint density at radius 1 is 1.58 bits per heavy atom. The molecule has 1 aromatic rings. The fourth-order valence-electron chi connectivity index (χ4n) is 2.08. The number of carbonyl (C=O) groups is 1. The predicted octanol–water partition coefficient (Wildman–Crippen LogP) is 2.75. The molecule has 1 atom stereocenters. The Hall–Kier alpha value is -2.11. The Morgan fingerprint density at radius 2 is 2.26 bits per heavy atom. The first kappa shape index (κ1) is 13.3. The second-order valence-corrected chi connectivity index (χ2v) is 4.99. The van der Waals surface area contributed by atoms with E-state index in [1.54, 1.807) is 0 Å². The predicted molar refractivity (Wildman–Crippen MR) is 70.4 cm³/mol. The first-order chi connectivity index (χ1) is 8.99. The molecule has 1 unspecified atom stereocenters. The molecule has 1 fully saturated rings. The molecule has 0 aliphatic heterocycles. The van der Waals surface area contributed by atoms with Crippen molar-refractivity contribution in [2.45, 2.75) is 19.8 Å². The van der Waals surface area contributed by atoms with Gasteiger partial charge in [-0.25, -0.2) is 4.79 Å². The van der Waals surface area contributed by atoms with E-state index in [0.29, 0.717) is 18.2 Å². The van der Waals surface area contributed by atoms with Gasteiger partial charge in [0.25, 0.3) is 5.69 Å². The summed E-state index contributed by atoms with van der Waals surface area (Å²) in [6, 6.07) is 3.87. The molecule has 6 heteroatoms. The van der Waals surface area contributed by atoms with Gasteiger partial charge in [-0.3, -0.25) is 10.1 Å². The van der Waals surface area contributed by atoms with Crippen molar-refractivity contribution in [1.29, 1.82) is 0 Å². The highest BCUT2D eigenvalue weighted by Gasteiger charge is 2.27. The number of hydrogen-bond acceptors (Lipinski definition) is 4. The Bertz CT molecular complexity index is 511. The minimum absolute atomic E-state index is 0.0582. The van der Waals surface area contributed by atoms with E-state index in [0.717, 1.165) is 12.0 Å². The summed E-state index contributed by atoms with van der Waals surface area (Å²) in [6.45, 7) is 2.80. The van der Waals surface area contributed by atoms with Gasteiger partial charge in [-0.15, -0.1) is 0 Å². The number of rotatable bonds is 6. The van der Waals surface area contributed by atoms with Gasteiger partial charge < -0.3 is 10.4 Å². The molecule has 1 aromatic carbocycles. The molecular formula is C13H16N2O4. The van der Waals surface area contributed by atoms with Gasteiger partial charge in [0.15, 0.2) is 0 Å². The first-order valence-corrected chi connectivity index (χ1v) is 6.24. The fraction of sp³-hybridized carbons (Fsp3) is 0.462. The van der Waals surface area contributed by atoms with Crippen LogP contribution in [0.2, 0.25) is 0 Å². The summed E-state index contributed by atoms with van der Waals surface area (Å²) >= 11 is 0. The van der Waals surface area contributed by atoms with Crippen molar-refractivity contribution >= 4 is 17.3 Å². The van der Waals surface area contributed by atoms with Crippen LogP contribution < -0.4 is 5.32 Å². The van der Waals surface area contributed by atoms with Crippen molar-refractivity contribution in [3.63, 3.8) is 0 Å². The van der Waals surface area contributed by atoms with Crippen LogP contribution in [0.3, 0.4) is 0 Å². The molecule has 0 amide bonds. The van der Waals surface area contributed by atoms with E-state index in [2.05, 4.69) is 12.2 Å². The molecule has 0 saturated heterocycles. The van der Waals surface area contributed by atoms with Crippen LogP contribution in [0.15, 0.2) is 18.2 Å². The molecule has 2 N–H and O–H groups in total. The highest BCUT2D eigenvalue weighted by atomic mass is 16.6. The lowest BCUT2D eigenvalue weighted by Gasteiger charge is -2.14. The van der Waals surface area contributed by atoms with Crippen LogP contribution in [0, 0.1) is 22.0 Å². The van der Waals surface area contributed by atoms with Crippen molar-refractivity contribution < 1.29 is 14.8 Å². The summed E-state index contributed by atoms with van der Waals surface area (Å²) < 4.78 is 0. The Balaban J connectivity index is 2.13. The van der Waals surface area contributed by atoms with Gasteiger partial charge in [0.1, 0.15) is 0 Å². The van der Waals surface area contributed by atoms with Crippen LogP contribution in [-0.2, 0) is 0 Å². The zero-order valence-corrected chi connectivity index (χ0v) is 10.6. The molecule has 2 rings (SSSR count). The Morgan fingerprint density at radius 3 is 2.79 bits per heavy atom. The number of aromatic carboxylic acids is 1. The summed E-state index contributed by atoms with van der Waals surface area (Å²) in [7, 11) is 0. The molecule has 1 saturated carbocycles. The normalized spacial score (nSPS) is 15.8. The SMILES string of the molecule is CC(CNc1ccc([N+](=O)[O-])cc1C(=O)O)C1CC1. The van der Waals surface area contributed by atoms with Crippen LogP contribution in [-0.4, -0.2) is 22.5 Å². The van der Waals surface area contributed by atoms with Crippen molar-refractivity contribution in [2.75, 3.05) is 11.9 Å². The third-order valence-corrected chi connectivity index (χ3v) is 3.49. The minimum Gasteiger partial charge on any atom is -0.478 e. The minimum atomic E-state index is -1.16. The second kappa shape index (κ2) is 5.26. The smallest absolute Gasteiger partial charge is 0.338 e. The summed E-state index contributed by atoms with van der Waals surface area (Å²) in [6.07, 6.45) is 2.46. The van der Waals surface area contributed by atoms with Gasteiger partial charge in [0.05, 0.1) is 10.5 Å². The summed E-state index contributed by atoms with van der Waals surface area (Å²) in [5.41, 5.74) is 0.168. The number of carboxylic acids is 1. The Labute approximate surface area is 110 Å². The van der Waals surface area contributed by atoms with Gasteiger partial charge in [-0.05, 0) is 30.7 Å². The van der Waals surface area contributed by atoms with Crippen molar-refractivity contribution in [3.8, 4) is 0 Å². The second-order valence-electron chi connectivity index (χ2n) is 4.99. The van der Waals surface area contributed by atoms with E-state index < -0.39 is 10.9 Å². The average molecular weight is 264 g/mol. The molecule has 0 bridgehead atoms.